The van der Waals surface area contributed by atoms with Crippen molar-refractivity contribution >= 4 is 17.7 Å². The summed E-state index contributed by atoms with van der Waals surface area (Å²) in [6, 6.07) is 16.8. The van der Waals surface area contributed by atoms with Gasteiger partial charge in [-0.3, -0.25) is 4.79 Å². The van der Waals surface area contributed by atoms with E-state index in [-0.39, 0.29) is 18.3 Å². The van der Waals surface area contributed by atoms with Gasteiger partial charge in [0.05, 0.1) is 0 Å². The molecule has 0 radical (unpaired) electrons. The van der Waals surface area contributed by atoms with Crippen LogP contribution < -0.4 is 10.1 Å². The minimum Gasteiger partial charge on any atom is -0.504 e. The van der Waals surface area contributed by atoms with E-state index >= 15 is 0 Å². The molecule has 0 saturated heterocycles. The number of phenols is 1. The van der Waals surface area contributed by atoms with Crippen LogP contribution >= 0.6 is 11.8 Å². The van der Waals surface area contributed by atoms with E-state index in [0.29, 0.717) is 12.3 Å². The smallest absolute Gasteiger partial charge is 0.257 e. The molecule has 4 nitrogen and oxygen atoms in total. The van der Waals surface area contributed by atoms with E-state index in [0.717, 1.165) is 12.2 Å². The van der Waals surface area contributed by atoms with Crippen molar-refractivity contribution < 1.29 is 14.6 Å². The summed E-state index contributed by atoms with van der Waals surface area (Å²) in [4.78, 5) is 12.9. The molecular formula is C17H19NO3S. The van der Waals surface area contributed by atoms with Crippen LogP contribution in [0.2, 0.25) is 0 Å². The largest absolute Gasteiger partial charge is 0.504 e. The van der Waals surface area contributed by atoms with Crippen LogP contribution in [0.3, 0.4) is 0 Å². The Kier molecular flexibility index (Phi) is 6.64. The number of ether oxygens (including phenoxy) is 1. The number of phenolic OH excluding ortho intramolecular Hbond substituents is 1. The Balaban J connectivity index is 1.57. The van der Waals surface area contributed by atoms with E-state index < -0.39 is 0 Å². The van der Waals surface area contributed by atoms with Crippen molar-refractivity contribution in [2.45, 2.75) is 11.3 Å². The lowest BCUT2D eigenvalue weighted by atomic mass is 10.3. The molecule has 0 fully saturated rings. The lowest BCUT2D eigenvalue weighted by molar-refractivity contribution is -0.123. The standard InChI is InChI=1S/C17H19NO3S/c19-15-9-4-5-10-16(15)21-13-17(20)18-11-6-12-22-14-7-2-1-3-8-14/h1-5,7-10,19H,6,11-13H2,(H,18,20). The summed E-state index contributed by atoms with van der Waals surface area (Å²) in [5, 5.41) is 12.3. The Morgan fingerprint density at radius 3 is 2.59 bits per heavy atom. The lowest BCUT2D eigenvalue weighted by Crippen LogP contribution is -2.29. The highest BCUT2D eigenvalue weighted by atomic mass is 32.2. The van der Waals surface area contributed by atoms with E-state index in [1.54, 1.807) is 30.0 Å². The molecule has 5 heteroatoms. The molecule has 0 aliphatic heterocycles. The molecule has 116 valence electrons. The molecule has 22 heavy (non-hydrogen) atoms. The van der Waals surface area contributed by atoms with Gasteiger partial charge in [0.25, 0.3) is 5.91 Å². The maximum absolute atomic E-state index is 11.6. The molecule has 2 rings (SSSR count). The third-order valence-electron chi connectivity index (χ3n) is 2.88. The first-order chi connectivity index (χ1) is 10.8. The maximum atomic E-state index is 11.6. The highest BCUT2D eigenvalue weighted by Gasteiger charge is 2.05. The zero-order valence-corrected chi connectivity index (χ0v) is 13.0. The zero-order valence-electron chi connectivity index (χ0n) is 12.2. The molecule has 2 aromatic rings. The van der Waals surface area contributed by atoms with Crippen LogP contribution in [0.4, 0.5) is 0 Å². The van der Waals surface area contributed by atoms with Crippen molar-refractivity contribution in [1.29, 1.82) is 0 Å². The number of carbonyl (C=O) groups is 1. The number of benzene rings is 2. The number of aromatic hydroxyl groups is 1. The number of rotatable bonds is 8. The normalized spacial score (nSPS) is 10.2. The molecule has 2 aromatic carbocycles. The van der Waals surface area contributed by atoms with Gasteiger partial charge >= 0.3 is 0 Å². The van der Waals surface area contributed by atoms with Gasteiger partial charge in [-0.05, 0) is 36.4 Å². The molecule has 0 saturated carbocycles. The predicted molar refractivity (Wildman–Crippen MR) is 88.4 cm³/mol. The highest BCUT2D eigenvalue weighted by molar-refractivity contribution is 7.99. The van der Waals surface area contributed by atoms with Crippen molar-refractivity contribution in [1.82, 2.24) is 5.32 Å². The molecule has 0 bridgehead atoms. The fourth-order valence-corrected chi connectivity index (χ4v) is 2.65. The Hall–Kier alpha value is -2.14. The number of nitrogens with one attached hydrogen (secondary N) is 1. The summed E-state index contributed by atoms with van der Waals surface area (Å²) in [5.74, 6) is 1.12. The highest BCUT2D eigenvalue weighted by Crippen LogP contribution is 2.24. The van der Waals surface area contributed by atoms with Crippen LogP contribution in [-0.4, -0.2) is 29.9 Å². The molecule has 1 amide bonds. The van der Waals surface area contributed by atoms with E-state index in [2.05, 4.69) is 17.4 Å². The first-order valence-corrected chi connectivity index (χ1v) is 8.09. The van der Waals surface area contributed by atoms with E-state index in [1.165, 1.54) is 11.0 Å². The molecule has 0 unspecified atom stereocenters. The monoisotopic (exact) mass is 317 g/mol. The summed E-state index contributed by atoms with van der Waals surface area (Å²) in [5.41, 5.74) is 0. The second kappa shape index (κ2) is 9.00. The minimum absolute atomic E-state index is 0.0366. The van der Waals surface area contributed by atoms with E-state index in [9.17, 15) is 9.90 Å². The Morgan fingerprint density at radius 1 is 1.09 bits per heavy atom. The average Bonchev–Trinajstić information content (AvgIpc) is 2.55. The topological polar surface area (TPSA) is 58.6 Å². The summed E-state index contributed by atoms with van der Waals surface area (Å²) in [6.07, 6.45) is 0.891. The lowest BCUT2D eigenvalue weighted by Gasteiger charge is -2.08. The maximum Gasteiger partial charge on any atom is 0.257 e. The second-order valence-corrected chi connectivity index (χ2v) is 5.79. The third kappa shape index (κ3) is 5.69. The van der Waals surface area contributed by atoms with Crippen molar-refractivity contribution in [3.05, 3.63) is 54.6 Å². The van der Waals surface area contributed by atoms with Gasteiger partial charge < -0.3 is 15.2 Å². The summed E-state index contributed by atoms with van der Waals surface area (Å²) < 4.78 is 5.26. The Morgan fingerprint density at radius 2 is 1.82 bits per heavy atom. The van der Waals surface area contributed by atoms with Crippen LogP contribution in [0.1, 0.15) is 6.42 Å². The van der Waals surface area contributed by atoms with Crippen molar-refractivity contribution in [3.8, 4) is 11.5 Å². The van der Waals surface area contributed by atoms with Crippen molar-refractivity contribution in [2.75, 3.05) is 18.9 Å². The number of carbonyl (C=O) groups excluding carboxylic acids is 1. The molecule has 2 N–H and O–H groups in total. The van der Waals surface area contributed by atoms with Crippen LogP contribution in [0, 0.1) is 0 Å². The SMILES string of the molecule is O=C(COc1ccccc1O)NCCCSc1ccccc1. The molecule has 0 spiro atoms. The minimum atomic E-state index is -0.187. The van der Waals surface area contributed by atoms with Crippen LogP contribution in [0.15, 0.2) is 59.5 Å². The molecular weight excluding hydrogens is 298 g/mol. The fraction of sp³-hybridized carbons (Fsp3) is 0.235. The van der Waals surface area contributed by atoms with Gasteiger partial charge in [-0.2, -0.15) is 0 Å². The number of thioether (sulfide) groups is 1. The third-order valence-corrected chi connectivity index (χ3v) is 3.98. The molecule has 0 aliphatic rings. The van der Waals surface area contributed by atoms with Gasteiger partial charge in [0, 0.05) is 11.4 Å². The van der Waals surface area contributed by atoms with Gasteiger partial charge in [0.15, 0.2) is 18.1 Å². The van der Waals surface area contributed by atoms with E-state index in [4.69, 9.17) is 4.74 Å². The van der Waals surface area contributed by atoms with Gasteiger partial charge in [0.2, 0.25) is 0 Å². The van der Waals surface area contributed by atoms with Crippen LogP contribution in [0.25, 0.3) is 0 Å². The Labute approximate surface area is 134 Å². The first-order valence-electron chi connectivity index (χ1n) is 7.11. The van der Waals surface area contributed by atoms with Crippen molar-refractivity contribution in [2.24, 2.45) is 0 Å². The number of amides is 1. The quantitative estimate of drug-likeness (QED) is 0.580. The molecule has 0 atom stereocenters. The fourth-order valence-electron chi connectivity index (χ4n) is 1.78. The van der Waals surface area contributed by atoms with Gasteiger partial charge in [-0.1, -0.05) is 30.3 Å². The Bertz CT molecular complexity index is 589. The summed E-state index contributed by atoms with van der Waals surface area (Å²) >= 11 is 1.77. The first kappa shape index (κ1) is 16.2. The van der Waals surface area contributed by atoms with Gasteiger partial charge in [0.1, 0.15) is 0 Å². The van der Waals surface area contributed by atoms with Crippen LogP contribution in [-0.2, 0) is 4.79 Å². The predicted octanol–water partition coefficient (Wildman–Crippen LogP) is 3.07. The molecule has 0 aliphatic carbocycles. The van der Waals surface area contributed by atoms with Gasteiger partial charge in [-0.25, -0.2) is 0 Å². The summed E-state index contributed by atoms with van der Waals surface area (Å²) in [7, 11) is 0. The molecule has 0 heterocycles. The zero-order chi connectivity index (χ0) is 15.6. The van der Waals surface area contributed by atoms with E-state index in [1.807, 2.05) is 18.2 Å². The average molecular weight is 317 g/mol. The second-order valence-electron chi connectivity index (χ2n) is 4.62. The number of hydrogen-bond donors (Lipinski definition) is 2. The molecule has 0 aromatic heterocycles. The number of para-hydroxylation sites is 2. The van der Waals surface area contributed by atoms with Gasteiger partial charge in [-0.15, -0.1) is 11.8 Å². The van der Waals surface area contributed by atoms with Crippen LogP contribution in [0.5, 0.6) is 11.5 Å². The number of hydrogen-bond acceptors (Lipinski definition) is 4. The van der Waals surface area contributed by atoms with Crippen molar-refractivity contribution in [3.63, 3.8) is 0 Å². The summed E-state index contributed by atoms with van der Waals surface area (Å²) in [6.45, 7) is 0.520.